The Balaban J connectivity index is 0.00000106. The van der Waals surface area contributed by atoms with Crippen LogP contribution in [0.4, 0.5) is 18.0 Å². The molecular formula is C64H75F3N8O9. The molecule has 0 spiro atoms. The van der Waals surface area contributed by atoms with Gasteiger partial charge in [-0.2, -0.15) is 18.3 Å². The molecule has 2 aliphatic carbocycles. The quantitative estimate of drug-likeness (QED) is 0.0987. The molecule has 0 unspecified atom stereocenters. The Bertz CT molecular complexity index is 3370. The number of hydrogen-bond donors (Lipinski definition) is 2. The first kappa shape index (κ1) is 59.6. The highest BCUT2D eigenvalue weighted by Gasteiger charge is 2.46. The Labute approximate surface area is 486 Å². The zero-order chi connectivity index (χ0) is 59.2. The summed E-state index contributed by atoms with van der Waals surface area (Å²) in [4.78, 5) is 89.1. The van der Waals surface area contributed by atoms with Crippen molar-refractivity contribution in [3.05, 3.63) is 147 Å². The fourth-order valence-electron chi connectivity index (χ4n) is 13.6. The van der Waals surface area contributed by atoms with Crippen LogP contribution in [0.25, 0.3) is 21.8 Å². The molecule has 11 rings (SSSR count). The fourth-order valence-corrected chi connectivity index (χ4v) is 13.6. The number of ether oxygens (including phenoxy) is 2. The molecule has 6 aromatic rings. The van der Waals surface area contributed by atoms with E-state index in [1.165, 1.54) is 0 Å². The summed E-state index contributed by atoms with van der Waals surface area (Å²) >= 11 is 0. The van der Waals surface area contributed by atoms with Gasteiger partial charge in [0.15, 0.2) is 13.5 Å². The van der Waals surface area contributed by atoms with Crippen molar-refractivity contribution in [2.24, 2.45) is 0 Å². The van der Waals surface area contributed by atoms with Crippen LogP contribution in [0.5, 0.6) is 0 Å². The third kappa shape index (κ3) is 13.0. The summed E-state index contributed by atoms with van der Waals surface area (Å²) in [5, 5.41) is 16.9. The number of piperidine rings is 2. The number of aromatic nitrogens is 3. The Morgan fingerprint density at radius 1 is 0.690 bits per heavy atom. The lowest BCUT2D eigenvalue weighted by Gasteiger charge is -2.43. The second-order valence-corrected chi connectivity index (χ2v) is 23.5. The minimum atomic E-state index is -5.08. The summed E-state index contributed by atoms with van der Waals surface area (Å²) < 4.78 is 47.1. The number of alkyl halides is 3. The predicted molar refractivity (Wildman–Crippen MR) is 310 cm³/mol. The molecule has 2 N–H and O–H groups in total. The molecule has 5 fully saturated rings. The number of rotatable bonds is 14. The van der Waals surface area contributed by atoms with E-state index in [0.29, 0.717) is 69.0 Å². The average molecular weight is 1160 g/mol. The van der Waals surface area contributed by atoms with Crippen LogP contribution in [0.1, 0.15) is 111 Å². The van der Waals surface area contributed by atoms with Crippen molar-refractivity contribution >= 4 is 51.7 Å². The first-order valence-corrected chi connectivity index (χ1v) is 29.5. The summed E-state index contributed by atoms with van der Waals surface area (Å²) in [7, 11) is 2.17. The summed E-state index contributed by atoms with van der Waals surface area (Å²) in [6.45, 7) is 7.50. The smallest absolute Gasteiger partial charge is 0.475 e. The highest BCUT2D eigenvalue weighted by molar-refractivity contribution is 5.89. The van der Waals surface area contributed by atoms with Gasteiger partial charge in [0.25, 0.3) is 5.56 Å². The van der Waals surface area contributed by atoms with Crippen LogP contribution < -0.4 is 10.9 Å². The van der Waals surface area contributed by atoms with E-state index in [2.05, 4.69) is 22.2 Å². The lowest BCUT2D eigenvalue weighted by atomic mass is 9.79. The third-order valence-electron chi connectivity index (χ3n) is 18.3. The molecule has 3 saturated heterocycles. The number of pyridine rings is 1. The van der Waals surface area contributed by atoms with Gasteiger partial charge in [0.05, 0.1) is 21.9 Å². The molecule has 5 heterocycles. The molecule has 0 bridgehead atoms. The van der Waals surface area contributed by atoms with Gasteiger partial charge >= 0.3 is 30.1 Å². The van der Waals surface area contributed by atoms with Crippen molar-refractivity contribution in [2.75, 3.05) is 59.4 Å². The van der Waals surface area contributed by atoms with Gasteiger partial charge in [-0.3, -0.25) is 28.6 Å². The van der Waals surface area contributed by atoms with E-state index < -0.39 is 29.0 Å². The number of aliphatic carboxylic acids is 1. The number of hydrogen-bond acceptors (Lipinski definition) is 11. The number of nitrogens with one attached hydrogen (secondary N) is 1. The first-order chi connectivity index (χ1) is 40.4. The van der Waals surface area contributed by atoms with Gasteiger partial charge in [-0.1, -0.05) is 111 Å². The lowest BCUT2D eigenvalue weighted by Crippen LogP contribution is -2.59. The van der Waals surface area contributed by atoms with E-state index in [4.69, 9.17) is 24.5 Å². The van der Waals surface area contributed by atoms with E-state index in [-0.39, 0.29) is 55.2 Å². The Morgan fingerprint density at radius 3 is 1.81 bits per heavy atom. The molecule has 2 saturated carbocycles. The number of nitrogens with zero attached hydrogens (tertiary/aromatic N) is 7. The van der Waals surface area contributed by atoms with Crippen LogP contribution in [0.2, 0.25) is 0 Å². The summed E-state index contributed by atoms with van der Waals surface area (Å²) in [6.07, 6.45) is 7.20. The van der Waals surface area contributed by atoms with E-state index in [1.54, 1.807) is 14.1 Å². The number of carboxylic acid groups (broad SMARTS) is 1. The number of esters is 2. The molecule has 1 atom stereocenters. The molecule has 3 aliphatic heterocycles. The maximum absolute atomic E-state index is 14.8. The van der Waals surface area contributed by atoms with E-state index in [9.17, 15) is 37.1 Å². The molecular weight excluding hydrogens is 1080 g/mol. The van der Waals surface area contributed by atoms with Gasteiger partial charge in [0, 0.05) is 68.9 Å². The molecule has 3 amide bonds. The van der Waals surface area contributed by atoms with E-state index >= 15 is 0 Å². The van der Waals surface area contributed by atoms with Gasteiger partial charge in [-0.25, -0.2) is 14.3 Å². The minimum absolute atomic E-state index is 0.0174. The first-order valence-electron chi connectivity index (χ1n) is 29.5. The highest BCUT2D eigenvalue weighted by atomic mass is 19.4. The van der Waals surface area contributed by atoms with Gasteiger partial charge in [0.1, 0.15) is 6.04 Å². The molecule has 17 nitrogen and oxygen atoms in total. The number of urea groups is 1. The maximum Gasteiger partial charge on any atom is 0.490 e. The molecule has 4 aromatic carbocycles. The van der Waals surface area contributed by atoms with Gasteiger partial charge in [-0.15, -0.1) is 0 Å². The molecule has 84 heavy (non-hydrogen) atoms. The summed E-state index contributed by atoms with van der Waals surface area (Å²) in [6, 6.07) is 32.9. The lowest BCUT2D eigenvalue weighted by molar-refractivity contribution is -0.192. The molecule has 20 heteroatoms. The van der Waals surface area contributed by atoms with E-state index in [0.717, 1.165) is 116 Å². The molecule has 5 aliphatic rings. The number of piperazine rings is 1. The van der Waals surface area contributed by atoms with Crippen LogP contribution in [0, 0.1) is 6.92 Å². The van der Waals surface area contributed by atoms with Crippen LogP contribution in [-0.4, -0.2) is 147 Å². The van der Waals surface area contributed by atoms with Gasteiger partial charge < -0.3 is 34.6 Å². The topological polar surface area (TPSA) is 189 Å². The zero-order valence-corrected chi connectivity index (χ0v) is 47.9. The SMILES string of the molecule is Cc1cc(C[C@@H](NC(=O)N2CCC(c3cc4ccccc4n(COC(=O)C4(c5ccccc5)CCCC4)c3=O)CC2)C(=O)N2CCN(C3CCN(C)CC3)CC2)cc2cn(COC(=O)C3(c4ccccc4)CCCC3)nc12.O=C(O)C(F)(F)F. The summed E-state index contributed by atoms with van der Waals surface area (Å²) in [5.74, 6) is -3.52. The molecule has 2 aromatic heterocycles. The standard InChI is InChI=1S/C62H74N8O7.C2HF3O2/c1-44-37-45(38-48-41-69(64-55(44)48)42-76-58(73)61(25-11-12-26-61)49-16-5-3-6-17-49)39-53(57(72)67-35-33-66(34-36-67)51-23-29-65(2)30-24-51)63-60(75)68-31-21-46(22-32-68)52-40-47-15-9-10-20-54(47)70(56(52)71)43-77-59(74)62(27-13-14-28-62)50-18-7-4-8-19-50;3-2(4,5)1(6)7/h3-10,15-20,37-38,40-41,46,51,53H,11-14,21-36,39,42-43H2,1-2H3,(H,63,75);(H,6,7)/t53-;/m1./s1. The predicted octanol–water partition coefficient (Wildman–Crippen LogP) is 9.06. The fraction of sp³-hybridized carbons (Fsp3) is 0.484. The van der Waals surface area contributed by atoms with Crippen LogP contribution in [0.15, 0.2) is 114 Å². The van der Waals surface area contributed by atoms with Crippen molar-refractivity contribution in [3.63, 3.8) is 0 Å². The number of halogens is 3. The number of amides is 3. The van der Waals surface area contributed by atoms with Gasteiger partial charge in [0.2, 0.25) is 5.91 Å². The Hall–Kier alpha value is -7.58. The van der Waals surface area contributed by atoms with Crippen molar-refractivity contribution in [1.29, 1.82) is 0 Å². The molecule has 446 valence electrons. The van der Waals surface area contributed by atoms with Crippen molar-refractivity contribution in [1.82, 2.24) is 39.3 Å². The summed E-state index contributed by atoms with van der Waals surface area (Å²) in [5.41, 5.74) is 4.30. The number of likely N-dealkylation sites (tertiary alicyclic amines) is 2. The van der Waals surface area contributed by atoms with Crippen LogP contribution >= 0.6 is 0 Å². The highest BCUT2D eigenvalue weighted by Crippen LogP contribution is 2.44. The van der Waals surface area contributed by atoms with Crippen LogP contribution in [0.3, 0.4) is 0 Å². The van der Waals surface area contributed by atoms with Gasteiger partial charge in [-0.05, 0) is 130 Å². The van der Waals surface area contributed by atoms with E-state index in [1.807, 2.05) is 121 Å². The van der Waals surface area contributed by atoms with Crippen LogP contribution in [-0.2, 0) is 59.4 Å². The number of carbonyl (C=O) groups excluding carboxylic acids is 4. The number of benzene rings is 4. The normalized spacial score (nSPS) is 19.2. The number of carbonyl (C=O) groups is 5. The Kier molecular flexibility index (Phi) is 18.2. The Morgan fingerprint density at radius 2 is 1.24 bits per heavy atom. The monoisotopic (exact) mass is 1160 g/mol. The second kappa shape index (κ2) is 25.7. The van der Waals surface area contributed by atoms with Crippen molar-refractivity contribution in [3.8, 4) is 0 Å². The number of carboxylic acids is 1. The van der Waals surface area contributed by atoms with Crippen molar-refractivity contribution in [2.45, 2.75) is 139 Å². The number of para-hydroxylation sites is 1. The van der Waals surface area contributed by atoms with Crippen molar-refractivity contribution < 1.29 is 51.7 Å². The third-order valence-corrected chi connectivity index (χ3v) is 18.3. The maximum atomic E-state index is 14.8. The second-order valence-electron chi connectivity index (χ2n) is 23.5. The largest absolute Gasteiger partial charge is 0.490 e. The number of fused-ring (bicyclic) bond motifs is 2. The number of aryl methyl sites for hydroxylation is 1. The average Bonchev–Trinajstić information content (AvgIpc) is 2.49. The minimum Gasteiger partial charge on any atom is -0.475 e. The zero-order valence-electron chi connectivity index (χ0n) is 47.9. The molecule has 0 radical (unpaired) electrons.